The molecule has 0 aromatic heterocycles. The number of aliphatic hydroxyl groups is 1. The molecule has 1 aromatic carbocycles. The van der Waals surface area contributed by atoms with E-state index in [1.807, 2.05) is 38.1 Å². The average Bonchev–Trinajstić information content (AvgIpc) is 2.21. The average molecular weight is 273 g/mol. The van der Waals surface area contributed by atoms with Crippen LogP contribution in [0.4, 0.5) is 0 Å². The Balaban J connectivity index is 2.75. The summed E-state index contributed by atoms with van der Waals surface area (Å²) in [6.45, 7) is 3.77. The van der Waals surface area contributed by atoms with Gasteiger partial charge < -0.3 is 9.84 Å². The Morgan fingerprint density at radius 3 is 2.53 bits per heavy atom. The molecule has 0 amide bonds. The van der Waals surface area contributed by atoms with E-state index in [1.165, 1.54) is 0 Å². The van der Waals surface area contributed by atoms with E-state index in [0.717, 1.165) is 10.0 Å². The molecule has 1 N–H and O–H groups in total. The summed E-state index contributed by atoms with van der Waals surface area (Å²) in [5.74, 6) is 0. The second-order valence-electron chi connectivity index (χ2n) is 4.12. The third-order valence-corrected chi connectivity index (χ3v) is 3.47. The third kappa shape index (κ3) is 3.30. The van der Waals surface area contributed by atoms with Crippen molar-refractivity contribution in [3.05, 3.63) is 34.3 Å². The summed E-state index contributed by atoms with van der Waals surface area (Å²) >= 11 is 3.46. The van der Waals surface area contributed by atoms with E-state index in [2.05, 4.69) is 15.9 Å². The van der Waals surface area contributed by atoms with Crippen LogP contribution in [0.1, 0.15) is 19.4 Å². The van der Waals surface area contributed by atoms with Crippen LogP contribution < -0.4 is 0 Å². The molecule has 1 rings (SSSR count). The lowest BCUT2D eigenvalue weighted by Gasteiger charge is -2.29. The van der Waals surface area contributed by atoms with Gasteiger partial charge in [-0.1, -0.05) is 34.1 Å². The van der Waals surface area contributed by atoms with Gasteiger partial charge in [0, 0.05) is 18.0 Å². The van der Waals surface area contributed by atoms with Crippen LogP contribution in [0.15, 0.2) is 28.7 Å². The van der Waals surface area contributed by atoms with Crippen LogP contribution in [0.2, 0.25) is 0 Å². The highest BCUT2D eigenvalue weighted by Crippen LogP contribution is 2.22. The predicted octanol–water partition coefficient (Wildman–Crippen LogP) is 2.78. The molecule has 0 radical (unpaired) electrons. The van der Waals surface area contributed by atoms with E-state index in [9.17, 15) is 5.11 Å². The van der Waals surface area contributed by atoms with Crippen LogP contribution in [-0.4, -0.2) is 23.9 Å². The van der Waals surface area contributed by atoms with Gasteiger partial charge >= 0.3 is 0 Å². The number of hydrogen-bond donors (Lipinski definition) is 1. The Morgan fingerprint density at radius 2 is 2.00 bits per heavy atom. The maximum absolute atomic E-state index is 10.0. The molecular formula is C12H17BrO2. The van der Waals surface area contributed by atoms with Gasteiger partial charge in [0.15, 0.2) is 0 Å². The molecule has 3 heteroatoms. The van der Waals surface area contributed by atoms with Crippen molar-refractivity contribution in [3.63, 3.8) is 0 Å². The quantitative estimate of drug-likeness (QED) is 0.914. The molecule has 0 heterocycles. The van der Waals surface area contributed by atoms with E-state index in [1.54, 1.807) is 7.11 Å². The lowest BCUT2D eigenvalue weighted by Crippen LogP contribution is -2.39. The standard InChI is InChI=1S/C12H17BrO2/c1-12(2,15-3)11(14)8-9-6-4-5-7-10(9)13/h4-7,11,14H,8H2,1-3H3. The number of ether oxygens (including phenoxy) is 1. The normalized spacial score (nSPS) is 13.9. The first-order valence-electron chi connectivity index (χ1n) is 4.94. The number of benzene rings is 1. The van der Waals surface area contributed by atoms with Crippen LogP contribution in [-0.2, 0) is 11.2 Å². The molecule has 1 unspecified atom stereocenters. The van der Waals surface area contributed by atoms with Crippen molar-refractivity contribution in [3.8, 4) is 0 Å². The van der Waals surface area contributed by atoms with Gasteiger partial charge in [-0.15, -0.1) is 0 Å². The smallest absolute Gasteiger partial charge is 0.0883 e. The van der Waals surface area contributed by atoms with Crippen LogP contribution >= 0.6 is 15.9 Å². The minimum atomic E-state index is -0.519. The molecule has 0 fully saturated rings. The maximum atomic E-state index is 10.0. The van der Waals surface area contributed by atoms with Crippen molar-refractivity contribution in [1.29, 1.82) is 0 Å². The number of hydrogen-bond acceptors (Lipinski definition) is 2. The minimum absolute atomic E-state index is 0.513. The van der Waals surface area contributed by atoms with Gasteiger partial charge in [-0.3, -0.25) is 0 Å². The number of aliphatic hydroxyl groups excluding tert-OH is 1. The predicted molar refractivity (Wildman–Crippen MR) is 64.9 cm³/mol. The minimum Gasteiger partial charge on any atom is -0.390 e. The van der Waals surface area contributed by atoms with E-state index in [4.69, 9.17) is 4.74 Å². The summed E-state index contributed by atoms with van der Waals surface area (Å²) in [6.07, 6.45) is 0.0728. The largest absolute Gasteiger partial charge is 0.390 e. The zero-order valence-corrected chi connectivity index (χ0v) is 10.9. The molecule has 1 aromatic rings. The monoisotopic (exact) mass is 272 g/mol. The van der Waals surface area contributed by atoms with Crippen LogP contribution in [0.25, 0.3) is 0 Å². The zero-order chi connectivity index (χ0) is 11.5. The fraction of sp³-hybridized carbons (Fsp3) is 0.500. The van der Waals surface area contributed by atoms with Gasteiger partial charge in [0.1, 0.15) is 0 Å². The van der Waals surface area contributed by atoms with E-state index >= 15 is 0 Å². The van der Waals surface area contributed by atoms with Crippen molar-refractivity contribution in [2.45, 2.75) is 32.0 Å². The Hall–Kier alpha value is -0.380. The fourth-order valence-electron chi connectivity index (χ4n) is 1.25. The molecule has 84 valence electrons. The van der Waals surface area contributed by atoms with Gasteiger partial charge in [0.25, 0.3) is 0 Å². The first-order chi connectivity index (χ1) is 6.97. The Bertz CT molecular complexity index is 323. The van der Waals surface area contributed by atoms with E-state index in [-0.39, 0.29) is 0 Å². The van der Waals surface area contributed by atoms with Gasteiger partial charge in [-0.25, -0.2) is 0 Å². The highest BCUT2D eigenvalue weighted by Gasteiger charge is 2.27. The van der Waals surface area contributed by atoms with Crippen molar-refractivity contribution >= 4 is 15.9 Å². The van der Waals surface area contributed by atoms with Crippen molar-refractivity contribution in [2.75, 3.05) is 7.11 Å². The Labute approximate surface area is 99.4 Å². The lowest BCUT2D eigenvalue weighted by atomic mass is 9.95. The van der Waals surface area contributed by atoms with Gasteiger partial charge in [0.05, 0.1) is 11.7 Å². The maximum Gasteiger partial charge on any atom is 0.0883 e. The van der Waals surface area contributed by atoms with Gasteiger partial charge in [0.2, 0.25) is 0 Å². The third-order valence-electron chi connectivity index (χ3n) is 2.70. The fourth-order valence-corrected chi connectivity index (χ4v) is 1.70. The van der Waals surface area contributed by atoms with Crippen LogP contribution in [0.3, 0.4) is 0 Å². The summed E-state index contributed by atoms with van der Waals surface area (Å²) in [4.78, 5) is 0. The molecule has 0 aliphatic heterocycles. The highest BCUT2D eigenvalue weighted by molar-refractivity contribution is 9.10. The van der Waals surface area contributed by atoms with Crippen LogP contribution in [0.5, 0.6) is 0 Å². The number of halogens is 1. The van der Waals surface area contributed by atoms with Crippen molar-refractivity contribution in [1.82, 2.24) is 0 Å². The van der Waals surface area contributed by atoms with E-state index in [0.29, 0.717) is 6.42 Å². The van der Waals surface area contributed by atoms with Gasteiger partial charge in [-0.05, 0) is 25.5 Å². The molecule has 0 aliphatic rings. The van der Waals surface area contributed by atoms with Crippen molar-refractivity contribution < 1.29 is 9.84 Å². The SMILES string of the molecule is COC(C)(C)C(O)Cc1ccccc1Br. The molecule has 2 nitrogen and oxygen atoms in total. The molecule has 0 saturated carbocycles. The second-order valence-corrected chi connectivity index (χ2v) is 4.97. The molecule has 15 heavy (non-hydrogen) atoms. The molecule has 0 aliphatic carbocycles. The summed E-state index contributed by atoms with van der Waals surface area (Å²) in [5.41, 5.74) is 0.574. The molecule has 0 saturated heterocycles. The molecular weight excluding hydrogens is 256 g/mol. The van der Waals surface area contributed by atoms with Crippen LogP contribution in [0, 0.1) is 0 Å². The van der Waals surface area contributed by atoms with Gasteiger partial charge in [-0.2, -0.15) is 0 Å². The summed E-state index contributed by atoms with van der Waals surface area (Å²) in [6, 6.07) is 7.90. The molecule has 0 spiro atoms. The van der Waals surface area contributed by atoms with E-state index < -0.39 is 11.7 Å². The van der Waals surface area contributed by atoms with Crippen molar-refractivity contribution in [2.24, 2.45) is 0 Å². The summed E-state index contributed by atoms with van der Waals surface area (Å²) < 4.78 is 6.27. The highest BCUT2D eigenvalue weighted by atomic mass is 79.9. The number of rotatable bonds is 4. The first kappa shape index (κ1) is 12.7. The Kier molecular flexibility index (Phi) is 4.32. The summed E-state index contributed by atoms with van der Waals surface area (Å²) in [7, 11) is 1.61. The summed E-state index contributed by atoms with van der Waals surface area (Å²) in [5, 5.41) is 10.0. The number of methoxy groups -OCH3 is 1. The Morgan fingerprint density at radius 1 is 1.40 bits per heavy atom. The molecule has 0 bridgehead atoms. The first-order valence-corrected chi connectivity index (χ1v) is 5.73. The zero-order valence-electron chi connectivity index (χ0n) is 9.33. The lowest BCUT2D eigenvalue weighted by molar-refractivity contribution is -0.0765. The topological polar surface area (TPSA) is 29.5 Å². The molecule has 1 atom stereocenters. The second kappa shape index (κ2) is 5.10.